The molecular weight excluding hydrogens is 240 g/mol. The molecule has 0 radical (unpaired) electrons. The third kappa shape index (κ3) is 1.69. The third-order valence-corrected chi connectivity index (χ3v) is 3.24. The second-order valence-corrected chi connectivity index (χ2v) is 4.37. The van der Waals surface area contributed by atoms with Crippen molar-refractivity contribution in [1.29, 1.82) is 0 Å². The van der Waals surface area contributed by atoms with E-state index in [1.165, 1.54) is 24.8 Å². The average molecular weight is 251 g/mol. The average Bonchev–Trinajstić information content (AvgIpc) is 2.75. The zero-order chi connectivity index (χ0) is 12.8. The molecular formula is C12H11F2N3O. The van der Waals surface area contributed by atoms with Gasteiger partial charge in [0.25, 0.3) is 0 Å². The summed E-state index contributed by atoms with van der Waals surface area (Å²) in [5.41, 5.74) is -0.419. The van der Waals surface area contributed by atoms with Crippen molar-refractivity contribution >= 4 is 0 Å². The van der Waals surface area contributed by atoms with E-state index >= 15 is 0 Å². The molecule has 18 heavy (non-hydrogen) atoms. The van der Waals surface area contributed by atoms with Crippen LogP contribution < -0.4 is 0 Å². The molecule has 0 bridgehead atoms. The molecule has 0 amide bonds. The summed E-state index contributed by atoms with van der Waals surface area (Å²) < 4.78 is 33.9. The normalized spacial score (nSPS) is 26.3. The van der Waals surface area contributed by atoms with Gasteiger partial charge in [0.1, 0.15) is 29.9 Å². The van der Waals surface area contributed by atoms with Crippen LogP contribution in [0.25, 0.3) is 0 Å². The number of hydrogen-bond acceptors (Lipinski definition) is 3. The molecule has 4 nitrogen and oxygen atoms in total. The van der Waals surface area contributed by atoms with Gasteiger partial charge in [0.15, 0.2) is 0 Å². The SMILES string of the molecule is C[C@H]1O[C@]1(Cn1cncn1)c1ccc(F)cc1F. The van der Waals surface area contributed by atoms with E-state index in [2.05, 4.69) is 10.1 Å². The van der Waals surface area contributed by atoms with Gasteiger partial charge in [-0.15, -0.1) is 0 Å². The number of ether oxygens (including phenoxy) is 1. The van der Waals surface area contributed by atoms with E-state index in [0.717, 1.165) is 6.07 Å². The standard InChI is InChI=1S/C12H11F2N3O/c1-8-12(18-8,5-17-7-15-6-16-17)10-3-2-9(13)4-11(10)14/h2-4,6-8H,5H2,1H3/t8-,12+/m1/s1. The van der Waals surface area contributed by atoms with Gasteiger partial charge in [-0.2, -0.15) is 5.10 Å². The van der Waals surface area contributed by atoms with Crippen LogP contribution in [0, 0.1) is 11.6 Å². The second kappa shape index (κ2) is 3.84. The lowest BCUT2D eigenvalue weighted by Gasteiger charge is -2.13. The molecule has 6 heteroatoms. The van der Waals surface area contributed by atoms with Gasteiger partial charge in [0, 0.05) is 11.6 Å². The highest BCUT2D eigenvalue weighted by atomic mass is 19.1. The van der Waals surface area contributed by atoms with Gasteiger partial charge < -0.3 is 4.74 Å². The van der Waals surface area contributed by atoms with Crippen LogP contribution in [0.3, 0.4) is 0 Å². The Morgan fingerprint density at radius 1 is 1.44 bits per heavy atom. The van der Waals surface area contributed by atoms with E-state index in [-0.39, 0.29) is 6.10 Å². The zero-order valence-corrected chi connectivity index (χ0v) is 9.68. The van der Waals surface area contributed by atoms with E-state index < -0.39 is 17.2 Å². The van der Waals surface area contributed by atoms with Crippen LogP contribution in [0.1, 0.15) is 12.5 Å². The van der Waals surface area contributed by atoms with Gasteiger partial charge in [-0.25, -0.2) is 18.4 Å². The Kier molecular flexibility index (Phi) is 2.41. The summed E-state index contributed by atoms with van der Waals surface area (Å²) in [7, 11) is 0. The van der Waals surface area contributed by atoms with Crippen LogP contribution in [-0.4, -0.2) is 20.9 Å². The van der Waals surface area contributed by atoms with Crippen molar-refractivity contribution in [3.63, 3.8) is 0 Å². The number of nitrogens with zero attached hydrogens (tertiary/aromatic N) is 3. The van der Waals surface area contributed by atoms with Crippen molar-refractivity contribution in [3.8, 4) is 0 Å². The minimum Gasteiger partial charge on any atom is -0.359 e. The summed E-state index contributed by atoms with van der Waals surface area (Å²) >= 11 is 0. The second-order valence-electron chi connectivity index (χ2n) is 4.37. The Balaban J connectivity index is 1.97. The van der Waals surface area contributed by atoms with E-state index in [0.29, 0.717) is 12.1 Å². The molecule has 1 aliphatic heterocycles. The van der Waals surface area contributed by atoms with E-state index in [4.69, 9.17) is 4.74 Å². The Labute approximate surface area is 102 Å². The van der Waals surface area contributed by atoms with Crippen LogP contribution >= 0.6 is 0 Å². The Hall–Kier alpha value is -1.82. The van der Waals surface area contributed by atoms with Gasteiger partial charge >= 0.3 is 0 Å². The summed E-state index contributed by atoms with van der Waals surface area (Å²) in [6.45, 7) is 2.20. The maximum Gasteiger partial charge on any atom is 0.142 e. The van der Waals surface area contributed by atoms with Gasteiger partial charge in [-0.1, -0.05) is 6.07 Å². The molecule has 94 valence electrons. The molecule has 1 aromatic heterocycles. The lowest BCUT2D eigenvalue weighted by Crippen LogP contribution is -2.22. The number of aromatic nitrogens is 3. The number of epoxide rings is 1. The fraction of sp³-hybridized carbons (Fsp3) is 0.333. The molecule has 0 saturated carbocycles. The van der Waals surface area contributed by atoms with Gasteiger partial charge in [0.2, 0.25) is 0 Å². The highest BCUT2D eigenvalue weighted by Gasteiger charge is 2.56. The highest BCUT2D eigenvalue weighted by molar-refractivity contribution is 5.30. The van der Waals surface area contributed by atoms with Gasteiger partial charge in [-0.3, -0.25) is 0 Å². The highest BCUT2D eigenvalue weighted by Crippen LogP contribution is 2.48. The fourth-order valence-electron chi connectivity index (χ4n) is 2.20. The van der Waals surface area contributed by atoms with E-state index in [1.54, 1.807) is 4.68 Å². The van der Waals surface area contributed by atoms with Crippen molar-refractivity contribution in [2.45, 2.75) is 25.2 Å². The van der Waals surface area contributed by atoms with Crippen LogP contribution in [-0.2, 0) is 16.9 Å². The molecule has 3 rings (SSSR count). The molecule has 1 saturated heterocycles. The van der Waals surface area contributed by atoms with Crippen LogP contribution in [0.5, 0.6) is 0 Å². The van der Waals surface area contributed by atoms with Crippen molar-refractivity contribution in [3.05, 3.63) is 48.1 Å². The maximum absolute atomic E-state index is 13.8. The first-order valence-electron chi connectivity index (χ1n) is 5.57. The zero-order valence-electron chi connectivity index (χ0n) is 9.68. The number of benzene rings is 1. The van der Waals surface area contributed by atoms with E-state index in [9.17, 15) is 8.78 Å². The Morgan fingerprint density at radius 3 is 2.78 bits per heavy atom. The summed E-state index contributed by atoms with van der Waals surface area (Å²) in [6, 6.07) is 3.52. The molecule has 0 unspecified atom stereocenters. The fourth-order valence-corrected chi connectivity index (χ4v) is 2.20. The summed E-state index contributed by atoms with van der Waals surface area (Å²) in [4.78, 5) is 3.83. The number of halogens is 2. The third-order valence-electron chi connectivity index (χ3n) is 3.24. The first kappa shape index (κ1) is 11.3. The molecule has 0 N–H and O–H groups in total. The largest absolute Gasteiger partial charge is 0.359 e. The molecule has 0 spiro atoms. The van der Waals surface area contributed by atoms with Crippen molar-refractivity contribution in [2.24, 2.45) is 0 Å². The van der Waals surface area contributed by atoms with Gasteiger partial charge in [-0.05, 0) is 13.0 Å². The van der Waals surface area contributed by atoms with Crippen LogP contribution in [0.2, 0.25) is 0 Å². The smallest absolute Gasteiger partial charge is 0.142 e. The number of hydrogen-bond donors (Lipinski definition) is 0. The maximum atomic E-state index is 13.8. The van der Waals surface area contributed by atoms with Crippen LogP contribution in [0.4, 0.5) is 8.78 Å². The van der Waals surface area contributed by atoms with Crippen molar-refractivity contribution < 1.29 is 13.5 Å². The molecule has 2 aromatic rings. The predicted molar refractivity (Wildman–Crippen MR) is 58.6 cm³/mol. The molecule has 1 fully saturated rings. The lowest BCUT2D eigenvalue weighted by molar-refractivity contribution is 0.257. The molecule has 2 heterocycles. The van der Waals surface area contributed by atoms with E-state index in [1.807, 2.05) is 6.92 Å². The topological polar surface area (TPSA) is 43.2 Å². The molecule has 1 aliphatic rings. The first-order chi connectivity index (χ1) is 8.62. The van der Waals surface area contributed by atoms with Crippen molar-refractivity contribution in [2.75, 3.05) is 0 Å². The Bertz CT molecular complexity index is 573. The quantitative estimate of drug-likeness (QED) is 0.782. The first-order valence-corrected chi connectivity index (χ1v) is 5.57. The summed E-state index contributed by atoms with van der Waals surface area (Å²) in [6.07, 6.45) is 2.81. The Morgan fingerprint density at radius 2 is 2.22 bits per heavy atom. The monoisotopic (exact) mass is 251 g/mol. The number of rotatable bonds is 3. The summed E-state index contributed by atoms with van der Waals surface area (Å²) in [5.74, 6) is -1.19. The minimum absolute atomic E-state index is 0.137. The summed E-state index contributed by atoms with van der Waals surface area (Å²) in [5, 5.41) is 3.98. The van der Waals surface area contributed by atoms with Crippen molar-refractivity contribution in [1.82, 2.24) is 14.8 Å². The molecule has 0 aliphatic carbocycles. The molecule has 1 aromatic carbocycles. The lowest BCUT2D eigenvalue weighted by atomic mass is 9.95. The minimum atomic E-state index is -0.772. The predicted octanol–water partition coefficient (Wildman–Crippen LogP) is 1.87. The molecule has 2 atom stereocenters. The van der Waals surface area contributed by atoms with Gasteiger partial charge in [0.05, 0.1) is 12.6 Å². The van der Waals surface area contributed by atoms with Crippen LogP contribution in [0.15, 0.2) is 30.9 Å².